The first kappa shape index (κ1) is 14.0. The molecule has 0 unspecified atom stereocenters. The number of benzene rings is 1. The molecule has 0 bridgehead atoms. The summed E-state index contributed by atoms with van der Waals surface area (Å²) < 4.78 is 0. The average Bonchev–Trinajstić information content (AvgIpc) is 2.55. The van der Waals surface area contributed by atoms with Crippen LogP contribution in [0.3, 0.4) is 0 Å². The van der Waals surface area contributed by atoms with E-state index in [2.05, 4.69) is 63.7 Å². The molecule has 4 heteroatoms. The summed E-state index contributed by atoms with van der Waals surface area (Å²) in [4.78, 5) is 2.30. The fraction of sp³-hybridized carbons (Fsp3) is 0.412. The van der Waals surface area contributed by atoms with Crippen molar-refractivity contribution in [2.24, 2.45) is 0 Å². The lowest BCUT2D eigenvalue weighted by Crippen LogP contribution is -2.31. The zero-order valence-electron chi connectivity index (χ0n) is 12.5. The highest BCUT2D eigenvalue weighted by Crippen LogP contribution is 2.22. The van der Waals surface area contributed by atoms with Gasteiger partial charge in [-0.15, -0.1) is 5.10 Å². The lowest BCUT2D eigenvalue weighted by Gasteiger charge is -2.29. The third kappa shape index (κ3) is 3.39. The van der Waals surface area contributed by atoms with Crippen molar-refractivity contribution in [3.63, 3.8) is 0 Å². The molecule has 0 spiro atoms. The van der Waals surface area contributed by atoms with Gasteiger partial charge in [0.1, 0.15) is 0 Å². The molecular weight excluding hydrogens is 260 g/mol. The second-order valence-corrected chi connectivity index (χ2v) is 5.50. The molecule has 2 heterocycles. The first-order valence-electron chi connectivity index (χ1n) is 7.72. The number of rotatable bonds is 5. The summed E-state index contributed by atoms with van der Waals surface area (Å²) in [6, 6.07) is 12.8. The zero-order valence-corrected chi connectivity index (χ0v) is 12.5. The van der Waals surface area contributed by atoms with Crippen LogP contribution in [0.4, 0.5) is 5.82 Å². The van der Waals surface area contributed by atoms with E-state index in [-0.39, 0.29) is 0 Å². The minimum absolute atomic E-state index is 0.796. The van der Waals surface area contributed by atoms with E-state index >= 15 is 0 Å². The van der Waals surface area contributed by atoms with Crippen LogP contribution in [0.1, 0.15) is 30.2 Å². The van der Waals surface area contributed by atoms with Crippen molar-refractivity contribution >= 4 is 5.82 Å². The van der Waals surface area contributed by atoms with Crippen LogP contribution in [-0.4, -0.2) is 23.3 Å². The SMILES string of the molecule is CCCNCc1ccc(N2CCc3ccccc3C2)nn1. The van der Waals surface area contributed by atoms with Crippen molar-refractivity contribution in [3.05, 3.63) is 53.2 Å². The molecule has 0 saturated heterocycles. The highest BCUT2D eigenvalue weighted by molar-refractivity contribution is 5.43. The van der Waals surface area contributed by atoms with Crippen LogP contribution < -0.4 is 10.2 Å². The summed E-state index contributed by atoms with van der Waals surface area (Å²) >= 11 is 0. The lowest BCUT2D eigenvalue weighted by molar-refractivity contribution is 0.652. The summed E-state index contributed by atoms with van der Waals surface area (Å²) in [7, 11) is 0. The third-order valence-corrected chi connectivity index (χ3v) is 3.89. The van der Waals surface area contributed by atoms with E-state index < -0.39 is 0 Å². The maximum atomic E-state index is 4.39. The van der Waals surface area contributed by atoms with Crippen LogP contribution in [0.5, 0.6) is 0 Å². The first-order valence-corrected chi connectivity index (χ1v) is 7.72. The molecule has 0 aliphatic carbocycles. The summed E-state index contributed by atoms with van der Waals surface area (Å²) in [5.74, 6) is 0.976. The number of nitrogens with zero attached hydrogens (tertiary/aromatic N) is 3. The van der Waals surface area contributed by atoms with Gasteiger partial charge in [-0.05, 0) is 42.6 Å². The minimum Gasteiger partial charge on any atom is -0.350 e. The smallest absolute Gasteiger partial charge is 0.151 e. The maximum absolute atomic E-state index is 4.39. The Balaban J connectivity index is 1.65. The van der Waals surface area contributed by atoms with E-state index in [0.29, 0.717) is 0 Å². The molecule has 4 nitrogen and oxygen atoms in total. The molecule has 0 fully saturated rings. The Hall–Kier alpha value is -1.94. The van der Waals surface area contributed by atoms with Gasteiger partial charge in [-0.3, -0.25) is 0 Å². The van der Waals surface area contributed by atoms with Crippen molar-refractivity contribution in [3.8, 4) is 0 Å². The van der Waals surface area contributed by atoms with Crippen molar-refractivity contribution in [2.45, 2.75) is 32.9 Å². The number of anilines is 1. The molecule has 21 heavy (non-hydrogen) atoms. The minimum atomic E-state index is 0.796. The van der Waals surface area contributed by atoms with Crippen molar-refractivity contribution in [1.29, 1.82) is 0 Å². The van der Waals surface area contributed by atoms with Gasteiger partial charge in [0.25, 0.3) is 0 Å². The molecule has 0 radical (unpaired) electrons. The van der Waals surface area contributed by atoms with Crippen LogP contribution in [-0.2, 0) is 19.5 Å². The van der Waals surface area contributed by atoms with Crippen LogP contribution in [0, 0.1) is 0 Å². The normalized spacial score (nSPS) is 14.0. The number of nitrogens with one attached hydrogen (secondary N) is 1. The molecule has 1 N–H and O–H groups in total. The Morgan fingerprint density at radius 1 is 1.10 bits per heavy atom. The van der Waals surface area contributed by atoms with Gasteiger partial charge in [0.2, 0.25) is 0 Å². The second kappa shape index (κ2) is 6.68. The van der Waals surface area contributed by atoms with Crippen LogP contribution in [0.2, 0.25) is 0 Å². The van der Waals surface area contributed by atoms with Crippen LogP contribution in [0.15, 0.2) is 36.4 Å². The predicted molar refractivity (Wildman–Crippen MR) is 85.2 cm³/mol. The number of hydrogen-bond acceptors (Lipinski definition) is 4. The highest BCUT2D eigenvalue weighted by Gasteiger charge is 2.17. The van der Waals surface area contributed by atoms with Gasteiger partial charge in [-0.2, -0.15) is 5.10 Å². The van der Waals surface area contributed by atoms with Gasteiger partial charge >= 0.3 is 0 Å². The largest absolute Gasteiger partial charge is 0.350 e. The lowest BCUT2D eigenvalue weighted by atomic mass is 10.00. The average molecular weight is 282 g/mol. The number of hydrogen-bond donors (Lipinski definition) is 1. The number of aromatic nitrogens is 2. The standard InChI is InChI=1S/C17H22N4/c1-2-10-18-12-16-7-8-17(20-19-16)21-11-9-14-5-3-4-6-15(14)13-21/h3-8,18H,2,9-13H2,1H3. The van der Waals surface area contributed by atoms with Gasteiger partial charge in [-0.25, -0.2) is 0 Å². The van der Waals surface area contributed by atoms with E-state index in [1.54, 1.807) is 0 Å². The van der Waals surface area contributed by atoms with Crippen LogP contribution in [0.25, 0.3) is 0 Å². The zero-order chi connectivity index (χ0) is 14.5. The van der Waals surface area contributed by atoms with E-state index in [1.807, 2.05) is 0 Å². The van der Waals surface area contributed by atoms with E-state index in [0.717, 1.165) is 50.5 Å². The van der Waals surface area contributed by atoms with Gasteiger partial charge in [0, 0.05) is 19.6 Å². The second-order valence-electron chi connectivity index (χ2n) is 5.50. The summed E-state index contributed by atoms with van der Waals surface area (Å²) in [5.41, 5.74) is 3.87. The highest BCUT2D eigenvalue weighted by atomic mass is 15.3. The molecule has 0 saturated carbocycles. The summed E-state index contributed by atoms with van der Waals surface area (Å²) in [6.45, 7) is 5.92. The molecule has 0 atom stereocenters. The topological polar surface area (TPSA) is 41.0 Å². The van der Waals surface area contributed by atoms with Gasteiger partial charge in [-0.1, -0.05) is 31.2 Å². The molecule has 1 aliphatic rings. The van der Waals surface area contributed by atoms with Crippen molar-refractivity contribution in [1.82, 2.24) is 15.5 Å². The Morgan fingerprint density at radius 2 is 1.95 bits per heavy atom. The fourth-order valence-electron chi connectivity index (χ4n) is 2.70. The van der Waals surface area contributed by atoms with Gasteiger partial charge in [0.05, 0.1) is 5.69 Å². The van der Waals surface area contributed by atoms with Gasteiger partial charge in [0.15, 0.2) is 5.82 Å². The Morgan fingerprint density at radius 3 is 2.71 bits per heavy atom. The first-order chi connectivity index (χ1) is 10.4. The summed E-state index contributed by atoms with van der Waals surface area (Å²) in [6.07, 6.45) is 2.22. The molecule has 3 rings (SSSR count). The van der Waals surface area contributed by atoms with E-state index in [9.17, 15) is 0 Å². The van der Waals surface area contributed by atoms with E-state index in [4.69, 9.17) is 0 Å². The molecule has 2 aromatic rings. The van der Waals surface area contributed by atoms with Crippen LogP contribution >= 0.6 is 0 Å². The Bertz CT molecular complexity index is 580. The van der Waals surface area contributed by atoms with Gasteiger partial charge < -0.3 is 10.2 Å². The molecule has 0 amide bonds. The van der Waals surface area contributed by atoms with Crippen molar-refractivity contribution < 1.29 is 0 Å². The monoisotopic (exact) mass is 282 g/mol. The van der Waals surface area contributed by atoms with E-state index in [1.165, 1.54) is 11.1 Å². The Labute approximate surface area is 126 Å². The van der Waals surface area contributed by atoms with Crippen molar-refractivity contribution in [2.75, 3.05) is 18.0 Å². The molecular formula is C17H22N4. The fourth-order valence-corrected chi connectivity index (χ4v) is 2.70. The predicted octanol–water partition coefficient (Wildman–Crippen LogP) is 2.54. The molecule has 1 aliphatic heterocycles. The third-order valence-electron chi connectivity index (χ3n) is 3.89. The molecule has 1 aromatic carbocycles. The number of fused-ring (bicyclic) bond motifs is 1. The summed E-state index contributed by atoms with van der Waals surface area (Å²) in [5, 5.41) is 12.1. The quantitative estimate of drug-likeness (QED) is 0.856. The molecule has 1 aromatic heterocycles. The molecule has 110 valence electrons. The Kier molecular flexibility index (Phi) is 4.46. The maximum Gasteiger partial charge on any atom is 0.151 e.